The van der Waals surface area contributed by atoms with Crippen molar-refractivity contribution < 1.29 is 13.3 Å². The summed E-state index contributed by atoms with van der Waals surface area (Å²) >= 11 is 0. The fourth-order valence-electron chi connectivity index (χ4n) is 4.30. The summed E-state index contributed by atoms with van der Waals surface area (Å²) in [5.74, 6) is 0.922. The summed E-state index contributed by atoms with van der Waals surface area (Å²) in [5, 5.41) is 0.935. The Bertz CT molecular complexity index is 1240. The molecule has 0 spiro atoms. The molecule has 1 aliphatic rings. The molecule has 2 atom stereocenters. The van der Waals surface area contributed by atoms with Gasteiger partial charge in [0.25, 0.3) is 0 Å². The lowest BCUT2D eigenvalue weighted by Crippen LogP contribution is -2.13. The van der Waals surface area contributed by atoms with Gasteiger partial charge in [0.1, 0.15) is 17.9 Å². The van der Waals surface area contributed by atoms with Crippen molar-refractivity contribution in [1.82, 2.24) is 9.97 Å². The van der Waals surface area contributed by atoms with E-state index in [0.29, 0.717) is 23.8 Å². The Kier molecular flexibility index (Phi) is 5.97. The summed E-state index contributed by atoms with van der Waals surface area (Å²) in [4.78, 5) is 8.94. The summed E-state index contributed by atoms with van der Waals surface area (Å²) in [5.41, 5.74) is 4.11. The minimum absolute atomic E-state index is 0.126. The molecule has 4 rings (SSSR count). The number of rotatable bonds is 5. The van der Waals surface area contributed by atoms with Crippen LogP contribution in [0.25, 0.3) is 10.9 Å². The first-order chi connectivity index (χ1) is 14.7. The van der Waals surface area contributed by atoms with E-state index in [1.807, 2.05) is 19.1 Å². The zero-order chi connectivity index (χ0) is 22.2. The Morgan fingerprint density at radius 2 is 2.00 bits per heavy atom. The highest BCUT2D eigenvalue weighted by Gasteiger charge is 2.24. The highest BCUT2D eigenvalue weighted by molar-refractivity contribution is 7.92. The van der Waals surface area contributed by atoms with E-state index in [2.05, 4.69) is 21.3 Å². The van der Waals surface area contributed by atoms with Gasteiger partial charge >= 0.3 is 0 Å². The van der Waals surface area contributed by atoms with Crippen molar-refractivity contribution in [3.63, 3.8) is 0 Å². The molecule has 1 aromatic heterocycles. The Balaban J connectivity index is 1.71. The maximum Gasteiger partial charge on any atom is 0.126 e. The topological polar surface area (TPSA) is 64.4 Å². The van der Waals surface area contributed by atoms with Gasteiger partial charge in [-0.2, -0.15) is 4.36 Å². The van der Waals surface area contributed by atoms with Crippen LogP contribution in [0.1, 0.15) is 43.0 Å². The number of fused-ring (bicyclic) bond motifs is 1. The first-order valence-electron chi connectivity index (χ1n) is 10.5. The van der Waals surface area contributed by atoms with Gasteiger partial charge in [-0.25, -0.2) is 18.6 Å². The zero-order valence-electron chi connectivity index (χ0n) is 18.4. The second-order valence-corrected chi connectivity index (χ2v) is 11.4. The summed E-state index contributed by atoms with van der Waals surface area (Å²) in [6.07, 6.45) is 8.51. The van der Waals surface area contributed by atoms with Crippen LogP contribution in [0.15, 0.2) is 41.0 Å². The fourth-order valence-corrected chi connectivity index (χ4v) is 4.91. The van der Waals surface area contributed by atoms with Crippen molar-refractivity contribution in [3.05, 3.63) is 59.3 Å². The maximum absolute atomic E-state index is 14.0. The predicted molar refractivity (Wildman–Crippen MR) is 123 cm³/mol. The summed E-state index contributed by atoms with van der Waals surface area (Å²) in [6, 6.07) is 8.46. The van der Waals surface area contributed by atoms with Crippen molar-refractivity contribution in [2.24, 2.45) is 10.3 Å². The Labute approximate surface area is 183 Å². The molecule has 1 fully saturated rings. The molecule has 7 heteroatoms. The number of benzene rings is 2. The van der Waals surface area contributed by atoms with E-state index in [-0.39, 0.29) is 11.9 Å². The molecule has 1 aliphatic carbocycles. The monoisotopic (exact) mass is 441 g/mol. The van der Waals surface area contributed by atoms with Crippen molar-refractivity contribution in [2.45, 2.75) is 45.6 Å². The highest BCUT2D eigenvalue weighted by Crippen LogP contribution is 2.33. The molecule has 1 heterocycles. The van der Waals surface area contributed by atoms with Crippen LogP contribution < -0.4 is 4.74 Å². The Morgan fingerprint density at radius 1 is 1.19 bits per heavy atom. The number of ether oxygens (including phenoxy) is 1. The van der Waals surface area contributed by atoms with Crippen LogP contribution in [-0.4, -0.2) is 32.8 Å². The van der Waals surface area contributed by atoms with E-state index < -0.39 is 9.73 Å². The molecule has 164 valence electrons. The van der Waals surface area contributed by atoms with Gasteiger partial charge in [0.05, 0.1) is 23.0 Å². The molecule has 0 saturated heterocycles. The molecule has 0 N–H and O–H groups in total. The molecule has 2 aromatic carbocycles. The molecule has 5 nitrogen and oxygen atoms in total. The molecule has 1 saturated carbocycles. The Morgan fingerprint density at radius 3 is 2.71 bits per heavy atom. The van der Waals surface area contributed by atoms with E-state index in [4.69, 9.17) is 4.74 Å². The second kappa shape index (κ2) is 8.54. The van der Waals surface area contributed by atoms with Crippen LogP contribution in [0.5, 0.6) is 5.75 Å². The summed E-state index contributed by atoms with van der Waals surface area (Å²) in [6.45, 7) is 4.20. The van der Waals surface area contributed by atoms with Crippen LogP contribution in [0.2, 0.25) is 0 Å². The van der Waals surface area contributed by atoms with E-state index >= 15 is 0 Å². The quantitative estimate of drug-likeness (QED) is 0.517. The molecule has 0 aliphatic heterocycles. The minimum Gasteiger partial charge on any atom is -0.490 e. The van der Waals surface area contributed by atoms with Crippen molar-refractivity contribution >= 4 is 26.3 Å². The smallest absolute Gasteiger partial charge is 0.126 e. The number of nitrogens with zero attached hydrogens (tertiary/aromatic N) is 3. The normalized spacial score (nSPS) is 19.0. The standard InChI is InChI=1S/C24H28FN3O2S/c1-15-5-8-20(9-15)30-23-12-18(25)7-6-17(23)11-21-24-16(2)10-19(28-31(3,4)29)13-22(24)27-14-26-21/h6-7,10,12-15,20H,5,8-9,11H2,1-4H3. The van der Waals surface area contributed by atoms with Gasteiger partial charge in [-0.3, -0.25) is 0 Å². The van der Waals surface area contributed by atoms with Gasteiger partial charge in [-0.05, 0) is 55.9 Å². The van der Waals surface area contributed by atoms with Crippen molar-refractivity contribution in [3.8, 4) is 5.75 Å². The molecule has 0 radical (unpaired) electrons. The third kappa shape index (κ3) is 5.21. The van der Waals surface area contributed by atoms with Crippen molar-refractivity contribution in [1.29, 1.82) is 0 Å². The third-order valence-corrected chi connectivity index (χ3v) is 6.30. The summed E-state index contributed by atoms with van der Waals surface area (Å²) < 4.78 is 36.6. The van der Waals surface area contributed by atoms with Gasteiger partial charge in [0.2, 0.25) is 0 Å². The average Bonchev–Trinajstić information content (AvgIpc) is 3.07. The van der Waals surface area contributed by atoms with Crippen molar-refractivity contribution in [2.75, 3.05) is 12.5 Å². The van der Waals surface area contributed by atoms with E-state index in [1.54, 1.807) is 18.6 Å². The van der Waals surface area contributed by atoms with Crippen LogP contribution in [-0.2, 0) is 16.1 Å². The van der Waals surface area contributed by atoms with Gasteiger partial charge in [0, 0.05) is 45.7 Å². The second-order valence-electron chi connectivity index (χ2n) is 8.84. The number of hydrogen-bond acceptors (Lipinski definition) is 5. The van der Waals surface area contributed by atoms with E-state index in [9.17, 15) is 8.60 Å². The molecule has 0 bridgehead atoms. The lowest BCUT2D eigenvalue weighted by atomic mass is 10.0. The van der Waals surface area contributed by atoms with E-state index in [1.165, 1.54) is 18.5 Å². The molecule has 3 aromatic rings. The van der Waals surface area contributed by atoms with Crippen LogP contribution in [0.3, 0.4) is 0 Å². The first kappa shape index (κ1) is 21.7. The average molecular weight is 442 g/mol. The number of halogens is 1. The first-order valence-corrected chi connectivity index (χ1v) is 12.9. The molecular weight excluding hydrogens is 413 g/mol. The van der Waals surface area contributed by atoms with Gasteiger partial charge in [-0.1, -0.05) is 13.0 Å². The Hall–Kier alpha value is -2.54. The number of aryl methyl sites for hydroxylation is 1. The number of aromatic nitrogens is 2. The predicted octanol–water partition coefficient (Wildman–Crippen LogP) is 5.59. The molecule has 0 amide bonds. The molecule has 31 heavy (non-hydrogen) atoms. The van der Waals surface area contributed by atoms with Crippen LogP contribution in [0, 0.1) is 18.7 Å². The number of hydrogen-bond donors (Lipinski definition) is 0. The molecular formula is C24H28FN3O2S. The van der Waals surface area contributed by atoms with Gasteiger partial charge in [0.15, 0.2) is 0 Å². The largest absolute Gasteiger partial charge is 0.490 e. The van der Waals surface area contributed by atoms with Crippen LogP contribution >= 0.6 is 0 Å². The fraction of sp³-hybridized carbons (Fsp3) is 0.417. The zero-order valence-corrected chi connectivity index (χ0v) is 19.2. The minimum atomic E-state index is -2.27. The lowest BCUT2D eigenvalue weighted by Gasteiger charge is -2.17. The summed E-state index contributed by atoms with van der Waals surface area (Å²) in [7, 11) is -2.27. The third-order valence-electron chi connectivity index (χ3n) is 5.65. The highest BCUT2D eigenvalue weighted by atomic mass is 32.2. The SMILES string of the molecule is Cc1cc(N=S(C)(C)=O)cc2ncnc(Cc3ccc(F)cc3OC3CCC(C)C3)c12. The van der Waals surface area contributed by atoms with Gasteiger partial charge in [-0.15, -0.1) is 0 Å². The van der Waals surface area contributed by atoms with Crippen LogP contribution in [0.4, 0.5) is 10.1 Å². The lowest BCUT2D eigenvalue weighted by molar-refractivity contribution is 0.203. The van der Waals surface area contributed by atoms with E-state index in [0.717, 1.165) is 47.0 Å². The van der Waals surface area contributed by atoms with Gasteiger partial charge < -0.3 is 4.74 Å². The molecule has 2 unspecified atom stereocenters. The maximum atomic E-state index is 14.0.